The van der Waals surface area contributed by atoms with Crippen LogP contribution in [0.1, 0.15) is 27.7 Å². The van der Waals surface area contributed by atoms with Crippen molar-refractivity contribution < 1.29 is 9.16 Å². The molecule has 212 valence electrons. The van der Waals surface area contributed by atoms with E-state index in [1.807, 2.05) is 73.6 Å². The fourth-order valence-corrected chi connectivity index (χ4v) is 7.98. The average molecular weight is 595 g/mol. The third kappa shape index (κ3) is 7.39. The van der Waals surface area contributed by atoms with E-state index in [1.54, 1.807) is 0 Å². The number of ether oxygens (including phenoxy) is 1. The Kier molecular flexibility index (Phi) is 9.50. The van der Waals surface area contributed by atoms with E-state index in [1.165, 1.54) is 22.7 Å². The number of nitrogens with zero attached hydrogens (tertiary/aromatic N) is 6. The van der Waals surface area contributed by atoms with Crippen LogP contribution in [0.3, 0.4) is 0 Å². The van der Waals surface area contributed by atoms with Gasteiger partial charge in [0.2, 0.25) is 5.13 Å². The number of rotatable bonds is 12. The van der Waals surface area contributed by atoms with E-state index in [9.17, 15) is 0 Å². The van der Waals surface area contributed by atoms with E-state index >= 15 is 0 Å². The Morgan fingerprint density at radius 3 is 2.10 bits per heavy atom. The molecular weight excluding hydrogens is 557 g/mol. The van der Waals surface area contributed by atoms with Crippen molar-refractivity contribution in [3.05, 3.63) is 54.6 Å². The van der Waals surface area contributed by atoms with Crippen molar-refractivity contribution in [1.82, 2.24) is 4.98 Å². The summed E-state index contributed by atoms with van der Waals surface area (Å²) < 4.78 is 13.2. The smallest absolute Gasteiger partial charge is 0.231 e. The van der Waals surface area contributed by atoms with Crippen molar-refractivity contribution in [2.75, 3.05) is 32.2 Å². The van der Waals surface area contributed by atoms with E-state index < -0.39 is 8.32 Å². The molecule has 0 aliphatic heterocycles. The van der Waals surface area contributed by atoms with Crippen LogP contribution in [-0.2, 0) is 4.43 Å². The second-order valence-electron chi connectivity index (χ2n) is 11.1. The monoisotopic (exact) mass is 594 g/mol. The van der Waals surface area contributed by atoms with Crippen molar-refractivity contribution in [2.45, 2.75) is 45.8 Å². The molecule has 0 fully saturated rings. The van der Waals surface area contributed by atoms with E-state index in [4.69, 9.17) is 9.16 Å². The first-order chi connectivity index (χ1) is 18.9. The summed E-state index contributed by atoms with van der Waals surface area (Å²) in [6, 6.07) is 17.5. The number of fused-ring (bicyclic) bond motifs is 1. The number of hydrogen-bond donors (Lipinski definition) is 0. The topological polar surface area (TPSA) is 84.0 Å². The van der Waals surface area contributed by atoms with Gasteiger partial charge in [-0.05, 0) is 78.6 Å². The zero-order valence-corrected chi connectivity index (χ0v) is 27.1. The third-order valence-corrected chi connectivity index (χ3v) is 14.1. The average Bonchev–Trinajstić information content (AvgIpc) is 3.48. The Bertz CT molecular complexity index is 1430. The minimum Gasteiger partial charge on any atom is -0.491 e. The maximum absolute atomic E-state index is 6.32. The highest BCUT2D eigenvalue weighted by Crippen LogP contribution is 2.44. The molecule has 0 aliphatic carbocycles. The summed E-state index contributed by atoms with van der Waals surface area (Å²) in [5.74, 6) is 1.37. The van der Waals surface area contributed by atoms with Crippen LogP contribution in [0.4, 0.5) is 27.2 Å². The van der Waals surface area contributed by atoms with Crippen LogP contribution in [-0.4, -0.2) is 40.6 Å². The zero-order chi connectivity index (χ0) is 28.9. The molecular formula is C29H38N6O2S2Si. The fourth-order valence-electron chi connectivity index (χ4n) is 3.78. The number of azo groups is 2. The predicted molar refractivity (Wildman–Crippen MR) is 171 cm³/mol. The second-order valence-corrected chi connectivity index (χ2v) is 17.8. The first kappa shape index (κ1) is 30.0. The molecule has 0 aliphatic rings. The number of thiophene rings is 1. The van der Waals surface area contributed by atoms with E-state index in [0.717, 1.165) is 37.3 Å². The van der Waals surface area contributed by atoms with Crippen molar-refractivity contribution >= 4 is 67.7 Å². The summed E-state index contributed by atoms with van der Waals surface area (Å²) in [5, 5.41) is 19.0. The number of hydrogen-bond acceptors (Lipinski definition) is 10. The number of anilines is 1. The molecule has 0 amide bonds. The van der Waals surface area contributed by atoms with Crippen LogP contribution in [0, 0.1) is 5.92 Å². The highest BCUT2D eigenvalue weighted by Gasteiger charge is 2.43. The third-order valence-electron chi connectivity index (χ3n) is 7.59. The standard InChI is InChI=1S/C29H38N6O2S2Si/c1-20(2)29(3,4)40(7,8)37-18-17-36-24-15-11-22(12-16-24)31-33-26-19-25-27(39-26)30-28(38-25)34-32-21-9-13-23(14-10-21)35(5)6/h9-16,19-20H,17-18H2,1-8H3. The Morgan fingerprint density at radius 2 is 1.50 bits per heavy atom. The van der Waals surface area contributed by atoms with Crippen molar-refractivity contribution in [1.29, 1.82) is 0 Å². The molecule has 0 saturated carbocycles. The molecule has 4 aromatic rings. The highest BCUT2D eigenvalue weighted by atomic mass is 32.1. The molecule has 0 unspecified atom stereocenters. The van der Waals surface area contributed by atoms with Crippen molar-refractivity contribution in [2.24, 2.45) is 26.4 Å². The van der Waals surface area contributed by atoms with Crippen LogP contribution in [0.15, 0.2) is 75.1 Å². The Hall–Kier alpha value is -2.99. The van der Waals surface area contributed by atoms with Crippen LogP contribution >= 0.6 is 22.7 Å². The van der Waals surface area contributed by atoms with E-state index in [0.29, 0.717) is 24.3 Å². The molecule has 0 saturated heterocycles. The van der Waals surface area contributed by atoms with Crippen molar-refractivity contribution in [3.8, 4) is 5.75 Å². The molecule has 0 spiro atoms. The van der Waals surface area contributed by atoms with Gasteiger partial charge in [-0.25, -0.2) is 4.98 Å². The minimum absolute atomic E-state index is 0.195. The normalized spacial score (nSPS) is 12.8. The number of benzene rings is 2. The van der Waals surface area contributed by atoms with Gasteiger partial charge >= 0.3 is 0 Å². The van der Waals surface area contributed by atoms with E-state index in [2.05, 4.69) is 66.2 Å². The Balaban J connectivity index is 1.28. The molecule has 8 nitrogen and oxygen atoms in total. The molecule has 40 heavy (non-hydrogen) atoms. The van der Waals surface area contributed by atoms with Gasteiger partial charge in [0.15, 0.2) is 8.32 Å². The van der Waals surface area contributed by atoms with Crippen molar-refractivity contribution in [3.63, 3.8) is 0 Å². The van der Waals surface area contributed by atoms with Crippen LogP contribution in [0.25, 0.3) is 9.53 Å². The molecule has 4 rings (SSSR count). The molecule has 2 aromatic heterocycles. The SMILES string of the molecule is CC(C)C(C)(C)[Si](C)(C)OCCOc1ccc(N=Nc2cc3sc(N=Nc4ccc(N(C)C)cc4)nc3s2)cc1. The number of thiazole rings is 1. The first-order valence-electron chi connectivity index (χ1n) is 13.3. The van der Waals surface area contributed by atoms with Gasteiger partial charge in [0.05, 0.1) is 22.7 Å². The Labute approximate surface area is 245 Å². The molecule has 0 radical (unpaired) electrons. The van der Waals surface area contributed by atoms with Gasteiger partial charge in [0, 0.05) is 19.8 Å². The summed E-state index contributed by atoms with van der Waals surface area (Å²) in [6.07, 6.45) is 0. The summed E-state index contributed by atoms with van der Waals surface area (Å²) in [4.78, 5) is 7.50. The van der Waals surface area contributed by atoms with Crippen LogP contribution in [0.5, 0.6) is 5.75 Å². The largest absolute Gasteiger partial charge is 0.491 e. The molecule has 2 aromatic carbocycles. The lowest BCUT2D eigenvalue weighted by atomic mass is 9.99. The van der Waals surface area contributed by atoms with Gasteiger partial charge in [0.1, 0.15) is 22.2 Å². The lowest BCUT2D eigenvalue weighted by Gasteiger charge is -2.42. The first-order valence-corrected chi connectivity index (χ1v) is 17.9. The lowest BCUT2D eigenvalue weighted by Crippen LogP contribution is -2.45. The Morgan fingerprint density at radius 1 is 0.875 bits per heavy atom. The lowest BCUT2D eigenvalue weighted by molar-refractivity contribution is 0.196. The molecule has 11 heteroatoms. The maximum atomic E-state index is 6.32. The molecule has 2 heterocycles. The van der Waals surface area contributed by atoms with E-state index in [-0.39, 0.29) is 5.04 Å². The van der Waals surface area contributed by atoms with Gasteiger partial charge in [-0.3, -0.25) is 0 Å². The summed E-state index contributed by atoms with van der Waals surface area (Å²) >= 11 is 2.97. The van der Waals surface area contributed by atoms with Gasteiger partial charge in [-0.15, -0.1) is 20.5 Å². The molecule has 0 N–H and O–H groups in total. The highest BCUT2D eigenvalue weighted by molar-refractivity contribution is 7.30. The van der Waals surface area contributed by atoms with Gasteiger partial charge < -0.3 is 14.1 Å². The minimum atomic E-state index is -1.84. The summed E-state index contributed by atoms with van der Waals surface area (Å²) in [5.41, 5.74) is 2.67. The molecule has 0 atom stereocenters. The predicted octanol–water partition coefficient (Wildman–Crippen LogP) is 10.3. The zero-order valence-electron chi connectivity index (χ0n) is 24.5. The van der Waals surface area contributed by atoms with Gasteiger partial charge in [0.25, 0.3) is 0 Å². The summed E-state index contributed by atoms with van der Waals surface area (Å²) in [7, 11) is 2.18. The molecule has 0 bridgehead atoms. The second kappa shape index (κ2) is 12.7. The fraction of sp³-hybridized carbons (Fsp3) is 0.414. The van der Waals surface area contributed by atoms with Gasteiger partial charge in [-0.2, -0.15) is 0 Å². The van der Waals surface area contributed by atoms with Crippen LogP contribution < -0.4 is 9.64 Å². The summed E-state index contributed by atoms with van der Waals surface area (Å²) in [6.45, 7) is 14.8. The van der Waals surface area contributed by atoms with Crippen LogP contribution in [0.2, 0.25) is 18.1 Å². The maximum Gasteiger partial charge on any atom is 0.231 e. The number of aromatic nitrogens is 1. The van der Waals surface area contributed by atoms with Gasteiger partial charge in [-0.1, -0.05) is 50.4 Å². The quantitative estimate of drug-likeness (QED) is 0.0928.